The third-order valence-corrected chi connectivity index (χ3v) is 5.20. The number of nitro groups is 2. The Hall–Kier alpha value is -2.82. The standard InChI is InChI=1S/C16H8ClN3O5S2/c17-12-6-1-9(7-13(12)20(24)25)8-14-15(21)18(16(26)27-14)10-2-4-11(5-3-10)19(22)23/h1-8H. The lowest BCUT2D eigenvalue weighted by atomic mass is 10.2. The average molecular weight is 422 g/mol. The van der Waals surface area contributed by atoms with Gasteiger partial charge in [-0.1, -0.05) is 41.6 Å². The Bertz CT molecular complexity index is 1020. The van der Waals surface area contributed by atoms with Gasteiger partial charge in [-0.25, -0.2) is 0 Å². The third kappa shape index (κ3) is 3.82. The summed E-state index contributed by atoms with van der Waals surface area (Å²) in [5.41, 5.74) is 0.452. The number of benzene rings is 2. The summed E-state index contributed by atoms with van der Waals surface area (Å²) in [5, 5.41) is 21.7. The van der Waals surface area contributed by atoms with Gasteiger partial charge in [-0.3, -0.25) is 29.9 Å². The highest BCUT2D eigenvalue weighted by Gasteiger charge is 2.33. The normalized spacial score (nSPS) is 15.4. The molecule has 0 unspecified atom stereocenters. The second-order valence-electron chi connectivity index (χ2n) is 5.26. The van der Waals surface area contributed by atoms with E-state index in [1.807, 2.05) is 0 Å². The van der Waals surface area contributed by atoms with Gasteiger partial charge >= 0.3 is 0 Å². The van der Waals surface area contributed by atoms with Crippen molar-refractivity contribution in [2.75, 3.05) is 4.90 Å². The molecule has 0 aromatic heterocycles. The van der Waals surface area contributed by atoms with Gasteiger partial charge in [0.1, 0.15) is 5.02 Å². The summed E-state index contributed by atoms with van der Waals surface area (Å²) in [6.07, 6.45) is 1.48. The fourth-order valence-corrected chi connectivity index (χ4v) is 3.81. The minimum absolute atomic E-state index is 0.00409. The summed E-state index contributed by atoms with van der Waals surface area (Å²) in [7, 11) is 0. The number of thiocarbonyl (C=S) groups is 1. The molecule has 0 atom stereocenters. The summed E-state index contributed by atoms with van der Waals surface area (Å²) in [5.74, 6) is -0.420. The number of non-ortho nitro benzene ring substituents is 1. The van der Waals surface area contributed by atoms with Crippen LogP contribution in [0.2, 0.25) is 5.02 Å². The summed E-state index contributed by atoms with van der Waals surface area (Å²) < 4.78 is 0.253. The van der Waals surface area contributed by atoms with Crippen molar-refractivity contribution in [3.8, 4) is 0 Å². The maximum Gasteiger partial charge on any atom is 0.288 e. The number of thioether (sulfide) groups is 1. The van der Waals surface area contributed by atoms with Crippen LogP contribution >= 0.6 is 35.6 Å². The average Bonchev–Trinajstić information content (AvgIpc) is 2.90. The van der Waals surface area contributed by atoms with Gasteiger partial charge in [-0.2, -0.15) is 0 Å². The van der Waals surface area contributed by atoms with Crippen molar-refractivity contribution in [1.82, 2.24) is 0 Å². The van der Waals surface area contributed by atoms with Gasteiger partial charge in [-0.05, 0) is 29.8 Å². The van der Waals surface area contributed by atoms with E-state index in [9.17, 15) is 25.0 Å². The first kappa shape index (κ1) is 19.0. The number of anilines is 1. The Morgan fingerprint density at radius 1 is 1.07 bits per heavy atom. The van der Waals surface area contributed by atoms with E-state index in [1.54, 1.807) is 6.07 Å². The number of amides is 1. The molecule has 8 nitrogen and oxygen atoms in total. The van der Waals surface area contributed by atoms with E-state index >= 15 is 0 Å². The summed E-state index contributed by atoms with van der Waals surface area (Å²) in [6.45, 7) is 0. The van der Waals surface area contributed by atoms with Gasteiger partial charge in [0, 0.05) is 18.2 Å². The van der Waals surface area contributed by atoms with Crippen LogP contribution in [0.25, 0.3) is 6.08 Å². The zero-order valence-corrected chi connectivity index (χ0v) is 15.6. The fourth-order valence-electron chi connectivity index (χ4n) is 2.32. The van der Waals surface area contributed by atoms with Crippen LogP contribution in [0, 0.1) is 20.2 Å². The number of carbonyl (C=O) groups is 1. The molecule has 1 aliphatic rings. The summed E-state index contributed by atoms with van der Waals surface area (Å²) in [6, 6.07) is 9.61. The monoisotopic (exact) mass is 421 g/mol. The van der Waals surface area contributed by atoms with Crippen LogP contribution < -0.4 is 4.90 Å². The van der Waals surface area contributed by atoms with E-state index in [1.165, 1.54) is 47.4 Å². The Morgan fingerprint density at radius 3 is 2.33 bits per heavy atom. The molecule has 2 aromatic rings. The topological polar surface area (TPSA) is 107 Å². The quantitative estimate of drug-likeness (QED) is 0.308. The molecule has 1 fully saturated rings. The molecule has 0 spiro atoms. The zero-order chi connectivity index (χ0) is 19.7. The molecule has 2 aromatic carbocycles. The second-order valence-corrected chi connectivity index (χ2v) is 7.34. The molecule has 3 rings (SSSR count). The van der Waals surface area contributed by atoms with Gasteiger partial charge in [0.25, 0.3) is 17.3 Å². The smallest absolute Gasteiger partial charge is 0.268 e. The van der Waals surface area contributed by atoms with Crippen LogP contribution in [0.4, 0.5) is 17.1 Å². The van der Waals surface area contributed by atoms with Crippen molar-refractivity contribution in [2.24, 2.45) is 0 Å². The van der Waals surface area contributed by atoms with Gasteiger partial charge in [0.15, 0.2) is 4.32 Å². The van der Waals surface area contributed by atoms with Gasteiger partial charge in [-0.15, -0.1) is 0 Å². The van der Waals surface area contributed by atoms with Gasteiger partial charge in [0.05, 0.1) is 20.4 Å². The lowest BCUT2D eigenvalue weighted by molar-refractivity contribution is -0.385. The van der Waals surface area contributed by atoms with Crippen molar-refractivity contribution in [3.05, 3.63) is 78.2 Å². The molecule has 0 radical (unpaired) electrons. The van der Waals surface area contributed by atoms with E-state index in [0.717, 1.165) is 11.8 Å². The predicted octanol–water partition coefficient (Wildman–Crippen LogP) is 4.56. The number of nitrogens with zero attached hydrogens (tertiary/aromatic N) is 3. The van der Waals surface area contributed by atoms with E-state index < -0.39 is 15.8 Å². The van der Waals surface area contributed by atoms with Crippen LogP contribution in [-0.2, 0) is 4.79 Å². The molecule has 136 valence electrons. The molecule has 1 aliphatic heterocycles. The molecule has 0 saturated carbocycles. The Balaban J connectivity index is 1.92. The van der Waals surface area contributed by atoms with Crippen molar-refractivity contribution < 1.29 is 14.6 Å². The van der Waals surface area contributed by atoms with E-state index in [4.69, 9.17) is 23.8 Å². The van der Waals surface area contributed by atoms with Crippen LogP contribution in [0.15, 0.2) is 47.4 Å². The molecule has 0 aliphatic carbocycles. The maximum atomic E-state index is 12.7. The Morgan fingerprint density at radius 2 is 1.74 bits per heavy atom. The molecular weight excluding hydrogens is 414 g/mol. The number of halogens is 1. The summed E-state index contributed by atoms with van der Waals surface area (Å²) in [4.78, 5) is 34.8. The van der Waals surface area contributed by atoms with E-state index in [2.05, 4.69) is 0 Å². The third-order valence-electron chi connectivity index (χ3n) is 3.58. The first-order chi connectivity index (χ1) is 12.8. The van der Waals surface area contributed by atoms with Crippen molar-refractivity contribution >= 4 is 68.9 Å². The van der Waals surface area contributed by atoms with Crippen LogP contribution in [0.1, 0.15) is 5.56 Å². The van der Waals surface area contributed by atoms with Crippen LogP contribution in [-0.4, -0.2) is 20.1 Å². The molecule has 0 N–H and O–H groups in total. The SMILES string of the molecule is O=C1C(=Cc2ccc(Cl)c([N+](=O)[O-])c2)SC(=S)N1c1ccc([N+](=O)[O-])cc1. The lowest BCUT2D eigenvalue weighted by Crippen LogP contribution is -2.27. The molecule has 1 amide bonds. The first-order valence-electron chi connectivity index (χ1n) is 7.24. The number of hydrogen-bond acceptors (Lipinski definition) is 7. The zero-order valence-electron chi connectivity index (χ0n) is 13.2. The Labute approximate surface area is 166 Å². The molecule has 27 heavy (non-hydrogen) atoms. The maximum absolute atomic E-state index is 12.7. The molecule has 1 saturated heterocycles. The van der Waals surface area contributed by atoms with Gasteiger partial charge in [0.2, 0.25) is 0 Å². The molecule has 11 heteroatoms. The number of rotatable bonds is 4. The predicted molar refractivity (Wildman–Crippen MR) is 107 cm³/mol. The highest BCUT2D eigenvalue weighted by Crippen LogP contribution is 2.37. The molecular formula is C16H8ClN3O5S2. The van der Waals surface area contributed by atoms with Crippen LogP contribution in [0.3, 0.4) is 0 Å². The largest absolute Gasteiger partial charge is 0.288 e. The number of carbonyl (C=O) groups excluding carboxylic acids is 1. The minimum atomic E-state index is -0.609. The lowest BCUT2D eigenvalue weighted by Gasteiger charge is -2.13. The first-order valence-corrected chi connectivity index (χ1v) is 8.84. The van der Waals surface area contributed by atoms with Crippen molar-refractivity contribution in [3.63, 3.8) is 0 Å². The second kappa shape index (κ2) is 7.43. The van der Waals surface area contributed by atoms with E-state index in [-0.39, 0.29) is 25.6 Å². The highest BCUT2D eigenvalue weighted by molar-refractivity contribution is 8.27. The molecule has 0 bridgehead atoms. The number of hydrogen-bond donors (Lipinski definition) is 0. The van der Waals surface area contributed by atoms with Crippen molar-refractivity contribution in [1.29, 1.82) is 0 Å². The highest BCUT2D eigenvalue weighted by atomic mass is 35.5. The Kier molecular flexibility index (Phi) is 5.22. The number of nitro benzene ring substituents is 2. The van der Waals surface area contributed by atoms with Crippen LogP contribution in [0.5, 0.6) is 0 Å². The minimum Gasteiger partial charge on any atom is -0.268 e. The fraction of sp³-hybridized carbons (Fsp3) is 0. The molecule has 1 heterocycles. The van der Waals surface area contributed by atoms with Gasteiger partial charge < -0.3 is 0 Å². The summed E-state index contributed by atoms with van der Waals surface area (Å²) >= 11 is 12.0. The van der Waals surface area contributed by atoms with E-state index in [0.29, 0.717) is 11.3 Å². The van der Waals surface area contributed by atoms with Crippen molar-refractivity contribution in [2.45, 2.75) is 0 Å².